The summed E-state index contributed by atoms with van der Waals surface area (Å²) in [4.78, 5) is 9.35. The summed E-state index contributed by atoms with van der Waals surface area (Å²) in [6, 6.07) is 7.99. The first kappa shape index (κ1) is 20.5. The van der Waals surface area contributed by atoms with E-state index in [1.165, 1.54) is 6.26 Å². The van der Waals surface area contributed by atoms with Crippen molar-refractivity contribution in [3.05, 3.63) is 30.1 Å². The summed E-state index contributed by atoms with van der Waals surface area (Å²) < 4.78 is 27.3. The molecule has 0 aliphatic carbocycles. The molecule has 0 bridgehead atoms. The second kappa shape index (κ2) is 8.87. The third kappa shape index (κ3) is 4.80. The number of para-hydroxylation sites is 1. The zero-order valence-electron chi connectivity index (χ0n) is 16.6. The van der Waals surface area contributed by atoms with Gasteiger partial charge in [0.15, 0.2) is 5.82 Å². The molecule has 8 heteroatoms. The number of aryl methyl sites for hydroxylation is 2. The maximum Gasteiger partial charge on any atom is 0.208 e. The fraction of sp³-hybridized carbons (Fsp3) is 0.500. The van der Waals surface area contributed by atoms with Crippen molar-refractivity contribution < 1.29 is 8.42 Å². The normalized spacial score (nSPS) is 12.2. The van der Waals surface area contributed by atoms with Gasteiger partial charge in [0.1, 0.15) is 11.3 Å². The number of nitrogens with zero attached hydrogens (tertiary/aromatic N) is 3. The molecule has 3 aromatic rings. The summed E-state index contributed by atoms with van der Waals surface area (Å²) in [7, 11) is -3.14. The number of nitrogens with one attached hydrogen (secondary N) is 1. The number of fused-ring (bicyclic) bond motifs is 3. The van der Waals surface area contributed by atoms with Gasteiger partial charge in [-0.25, -0.2) is 23.1 Å². The Balaban J connectivity index is 1.93. The van der Waals surface area contributed by atoms with Crippen LogP contribution in [0.3, 0.4) is 0 Å². The number of rotatable bonds is 10. The van der Waals surface area contributed by atoms with E-state index in [9.17, 15) is 8.42 Å². The van der Waals surface area contributed by atoms with Crippen LogP contribution in [0.15, 0.2) is 24.3 Å². The highest BCUT2D eigenvalue weighted by atomic mass is 32.2. The van der Waals surface area contributed by atoms with Crippen molar-refractivity contribution in [3.8, 4) is 0 Å². The van der Waals surface area contributed by atoms with Crippen molar-refractivity contribution in [1.82, 2.24) is 19.3 Å². The van der Waals surface area contributed by atoms with Gasteiger partial charge in [-0.15, -0.1) is 0 Å². The standard InChI is InChI=1S/C20H29N5O2S/c1-3-4-5-12-17-24-18-19(15-10-6-7-11-16(15)23-20(18)21)25(17)14-9-8-13-22-28(2,26)27/h6-7,10-11,22H,3-5,8-9,12-14H2,1-2H3,(H2,21,23). The second-order valence-corrected chi connectivity index (χ2v) is 9.05. The minimum absolute atomic E-state index is 0.446. The van der Waals surface area contributed by atoms with Crippen LogP contribution in [0.4, 0.5) is 5.82 Å². The van der Waals surface area contributed by atoms with Gasteiger partial charge < -0.3 is 10.3 Å². The van der Waals surface area contributed by atoms with Gasteiger partial charge in [-0.1, -0.05) is 38.0 Å². The van der Waals surface area contributed by atoms with Crippen LogP contribution in [0.5, 0.6) is 0 Å². The number of sulfonamides is 1. The molecule has 0 atom stereocenters. The van der Waals surface area contributed by atoms with Crippen LogP contribution in [0.2, 0.25) is 0 Å². The van der Waals surface area contributed by atoms with Crippen LogP contribution in [0.25, 0.3) is 21.9 Å². The molecule has 2 aromatic heterocycles. The zero-order valence-corrected chi connectivity index (χ0v) is 17.4. The highest BCUT2D eigenvalue weighted by Crippen LogP contribution is 2.29. The van der Waals surface area contributed by atoms with E-state index in [1.54, 1.807) is 0 Å². The molecule has 2 heterocycles. The van der Waals surface area contributed by atoms with Gasteiger partial charge in [-0.3, -0.25) is 0 Å². The third-order valence-electron chi connectivity index (χ3n) is 4.87. The number of nitrogen functional groups attached to an aromatic ring is 1. The molecule has 0 aliphatic heterocycles. The lowest BCUT2D eigenvalue weighted by Crippen LogP contribution is -2.23. The second-order valence-electron chi connectivity index (χ2n) is 7.22. The van der Waals surface area contributed by atoms with Crippen LogP contribution < -0.4 is 10.5 Å². The quantitative estimate of drug-likeness (QED) is 0.506. The molecule has 0 saturated carbocycles. The Morgan fingerprint density at radius 1 is 1.11 bits per heavy atom. The minimum Gasteiger partial charge on any atom is -0.382 e. The summed E-state index contributed by atoms with van der Waals surface area (Å²) >= 11 is 0. The summed E-state index contributed by atoms with van der Waals surface area (Å²) in [5.74, 6) is 1.49. The topological polar surface area (TPSA) is 103 Å². The molecular formula is C20H29N5O2S. The summed E-state index contributed by atoms with van der Waals surface area (Å²) in [5.41, 5.74) is 8.88. The van der Waals surface area contributed by atoms with Crippen LogP contribution in [-0.4, -0.2) is 35.8 Å². The molecule has 1 aromatic carbocycles. The Bertz CT molecular complexity index is 1060. The Labute approximate surface area is 166 Å². The molecule has 7 nitrogen and oxygen atoms in total. The monoisotopic (exact) mass is 403 g/mol. The number of imidazole rings is 1. The first-order valence-electron chi connectivity index (χ1n) is 9.88. The van der Waals surface area contributed by atoms with Gasteiger partial charge in [-0.2, -0.15) is 0 Å². The van der Waals surface area contributed by atoms with Crippen molar-refractivity contribution in [3.63, 3.8) is 0 Å². The highest BCUT2D eigenvalue weighted by molar-refractivity contribution is 7.88. The highest BCUT2D eigenvalue weighted by Gasteiger charge is 2.16. The van der Waals surface area contributed by atoms with Gasteiger partial charge in [0, 0.05) is 24.9 Å². The van der Waals surface area contributed by atoms with Gasteiger partial charge in [0.25, 0.3) is 0 Å². The van der Waals surface area contributed by atoms with Crippen molar-refractivity contribution in [2.75, 3.05) is 18.5 Å². The molecule has 0 unspecified atom stereocenters. The number of benzene rings is 1. The lowest BCUT2D eigenvalue weighted by Gasteiger charge is -2.11. The average Bonchev–Trinajstić information content (AvgIpc) is 3.00. The Morgan fingerprint density at radius 3 is 2.64 bits per heavy atom. The van der Waals surface area contributed by atoms with E-state index in [1.807, 2.05) is 18.2 Å². The molecule has 0 amide bonds. The number of nitrogens with two attached hydrogens (primary N) is 1. The number of hydrogen-bond donors (Lipinski definition) is 2. The fourth-order valence-electron chi connectivity index (χ4n) is 3.52. The summed E-state index contributed by atoms with van der Waals surface area (Å²) in [6.07, 6.45) is 7.10. The molecule has 152 valence electrons. The average molecular weight is 404 g/mol. The third-order valence-corrected chi connectivity index (χ3v) is 5.59. The molecule has 28 heavy (non-hydrogen) atoms. The van der Waals surface area contributed by atoms with E-state index in [2.05, 4.69) is 27.3 Å². The van der Waals surface area contributed by atoms with E-state index in [0.29, 0.717) is 12.4 Å². The largest absolute Gasteiger partial charge is 0.382 e. The number of aromatic nitrogens is 3. The SMILES string of the molecule is CCCCCc1nc2c(N)nc3ccccc3c2n1CCCCNS(C)(=O)=O. The van der Waals surface area contributed by atoms with E-state index in [-0.39, 0.29) is 0 Å². The Morgan fingerprint density at radius 2 is 1.89 bits per heavy atom. The van der Waals surface area contributed by atoms with Gasteiger partial charge >= 0.3 is 0 Å². The van der Waals surface area contributed by atoms with Gasteiger partial charge in [-0.05, 0) is 25.3 Å². The molecule has 0 saturated heterocycles. The summed E-state index contributed by atoms with van der Waals surface area (Å²) in [5, 5.41) is 1.05. The fourth-order valence-corrected chi connectivity index (χ4v) is 4.04. The van der Waals surface area contributed by atoms with Crippen LogP contribution >= 0.6 is 0 Å². The van der Waals surface area contributed by atoms with Crippen molar-refractivity contribution in [2.45, 2.75) is 52.0 Å². The van der Waals surface area contributed by atoms with Crippen LogP contribution in [0.1, 0.15) is 44.9 Å². The van der Waals surface area contributed by atoms with E-state index < -0.39 is 10.0 Å². The summed E-state index contributed by atoms with van der Waals surface area (Å²) in [6.45, 7) is 3.41. The molecular weight excluding hydrogens is 374 g/mol. The van der Waals surface area contributed by atoms with Gasteiger partial charge in [0.05, 0.1) is 17.3 Å². The molecule has 0 spiro atoms. The zero-order chi connectivity index (χ0) is 20.1. The molecule has 0 fully saturated rings. The van der Waals surface area contributed by atoms with Crippen LogP contribution in [-0.2, 0) is 23.0 Å². The molecule has 3 N–H and O–H groups in total. The molecule has 3 rings (SSSR count). The number of hydrogen-bond acceptors (Lipinski definition) is 5. The van der Waals surface area contributed by atoms with E-state index in [4.69, 9.17) is 10.7 Å². The van der Waals surface area contributed by atoms with Crippen molar-refractivity contribution in [2.24, 2.45) is 0 Å². The first-order valence-corrected chi connectivity index (χ1v) is 11.8. The lowest BCUT2D eigenvalue weighted by atomic mass is 10.1. The van der Waals surface area contributed by atoms with Crippen LogP contribution in [0, 0.1) is 0 Å². The molecule has 0 radical (unpaired) electrons. The maximum atomic E-state index is 11.2. The predicted octanol–water partition coefficient (Wildman–Crippen LogP) is 3.23. The van der Waals surface area contributed by atoms with Crippen molar-refractivity contribution in [1.29, 1.82) is 0 Å². The first-order chi connectivity index (χ1) is 13.4. The maximum absolute atomic E-state index is 11.2. The smallest absolute Gasteiger partial charge is 0.208 e. The lowest BCUT2D eigenvalue weighted by molar-refractivity contribution is 0.563. The van der Waals surface area contributed by atoms with E-state index >= 15 is 0 Å². The van der Waals surface area contributed by atoms with Crippen molar-refractivity contribution >= 4 is 37.8 Å². The molecule has 0 aliphatic rings. The number of anilines is 1. The number of pyridine rings is 1. The predicted molar refractivity (Wildman–Crippen MR) is 115 cm³/mol. The minimum atomic E-state index is -3.14. The van der Waals surface area contributed by atoms with Gasteiger partial charge in [0.2, 0.25) is 10.0 Å². The number of unbranched alkanes of at least 4 members (excludes halogenated alkanes) is 3. The Kier molecular flexibility index (Phi) is 6.51. The Hall–Kier alpha value is -2.19. The van der Waals surface area contributed by atoms with E-state index in [0.717, 1.165) is 72.8 Å².